The lowest BCUT2D eigenvalue weighted by Crippen LogP contribution is -2.40. The highest BCUT2D eigenvalue weighted by Crippen LogP contribution is 2.34. The molecule has 2 aliphatic rings. The number of ether oxygens (including phenoxy) is 3. The first-order chi connectivity index (χ1) is 19.4. The van der Waals surface area contributed by atoms with Gasteiger partial charge in [0.15, 0.2) is 4.80 Å². The Morgan fingerprint density at radius 3 is 2.45 bits per heavy atom. The first-order valence-corrected chi connectivity index (χ1v) is 15.6. The van der Waals surface area contributed by atoms with Gasteiger partial charge in [0.2, 0.25) is 15.9 Å². The van der Waals surface area contributed by atoms with Crippen molar-refractivity contribution in [3.63, 3.8) is 0 Å². The normalized spacial score (nSPS) is 17.0. The standard InChI is InChI=1S/C28H34N4O6S2/c1-36-22-8-11-26(37-2)24(19-22)25-20-39-28(32(25)14-4-13-30-12-3-5-27(30)33)29-21-6-9-23(10-7-21)40(34,35)31-15-17-38-18-16-31/h6-11,19-20H,3-5,12-18H2,1-2H3. The fraction of sp³-hybridized carbons (Fsp3) is 0.429. The maximum atomic E-state index is 13.0. The Morgan fingerprint density at radius 1 is 1.00 bits per heavy atom. The number of hydrogen-bond acceptors (Lipinski definition) is 8. The predicted molar refractivity (Wildman–Crippen MR) is 153 cm³/mol. The molecule has 2 aliphatic heterocycles. The van der Waals surface area contributed by atoms with E-state index in [1.807, 2.05) is 28.5 Å². The van der Waals surface area contributed by atoms with Gasteiger partial charge < -0.3 is 23.7 Å². The number of thiazole rings is 1. The summed E-state index contributed by atoms with van der Waals surface area (Å²) in [6.45, 7) is 3.64. The summed E-state index contributed by atoms with van der Waals surface area (Å²) in [5.41, 5.74) is 2.46. The minimum Gasteiger partial charge on any atom is -0.497 e. The van der Waals surface area contributed by atoms with Crippen LogP contribution in [0, 0.1) is 0 Å². The zero-order valence-corrected chi connectivity index (χ0v) is 24.4. The third-order valence-electron chi connectivity index (χ3n) is 7.13. The Labute approximate surface area is 238 Å². The Balaban J connectivity index is 1.47. The molecule has 3 heterocycles. The lowest BCUT2D eigenvalue weighted by Gasteiger charge is -2.26. The van der Waals surface area contributed by atoms with E-state index in [-0.39, 0.29) is 10.8 Å². The van der Waals surface area contributed by atoms with Crippen molar-refractivity contribution >= 4 is 33.0 Å². The molecule has 12 heteroatoms. The molecule has 2 fully saturated rings. The fourth-order valence-corrected chi connectivity index (χ4v) is 7.32. The third kappa shape index (κ3) is 6.09. The van der Waals surface area contributed by atoms with Crippen LogP contribution in [0.15, 0.2) is 57.7 Å². The van der Waals surface area contributed by atoms with Gasteiger partial charge >= 0.3 is 0 Å². The third-order valence-corrected chi connectivity index (χ3v) is 9.91. The summed E-state index contributed by atoms with van der Waals surface area (Å²) in [7, 11) is -0.313. The number of rotatable bonds is 10. The highest BCUT2D eigenvalue weighted by molar-refractivity contribution is 7.89. The van der Waals surface area contributed by atoms with E-state index in [9.17, 15) is 13.2 Å². The van der Waals surface area contributed by atoms with Crippen molar-refractivity contribution in [2.45, 2.75) is 30.7 Å². The molecule has 5 rings (SSSR count). The van der Waals surface area contributed by atoms with Crippen LogP contribution in [-0.2, 0) is 26.1 Å². The van der Waals surface area contributed by atoms with E-state index in [2.05, 4.69) is 4.57 Å². The molecule has 3 aromatic rings. The lowest BCUT2D eigenvalue weighted by atomic mass is 10.1. The number of sulfonamides is 1. The van der Waals surface area contributed by atoms with Gasteiger partial charge in [-0.15, -0.1) is 11.3 Å². The SMILES string of the molecule is COc1ccc(OC)c(-c2csc(=Nc3ccc(S(=O)(=O)N4CCOCC4)cc3)n2CCCN2CCCC2=O)c1. The van der Waals surface area contributed by atoms with Crippen LogP contribution in [0.5, 0.6) is 11.5 Å². The Hall–Kier alpha value is -3.19. The van der Waals surface area contributed by atoms with E-state index >= 15 is 0 Å². The van der Waals surface area contributed by atoms with Crippen LogP contribution in [0.2, 0.25) is 0 Å². The molecular weight excluding hydrogens is 552 g/mol. The summed E-state index contributed by atoms with van der Waals surface area (Å²) in [4.78, 5) is 19.9. The summed E-state index contributed by atoms with van der Waals surface area (Å²) in [6.07, 6.45) is 2.30. The fourth-order valence-electron chi connectivity index (χ4n) is 4.96. The molecule has 0 radical (unpaired) electrons. The van der Waals surface area contributed by atoms with Gasteiger partial charge in [0, 0.05) is 50.1 Å². The second-order valence-electron chi connectivity index (χ2n) is 9.58. The summed E-state index contributed by atoms with van der Waals surface area (Å²) >= 11 is 1.49. The maximum Gasteiger partial charge on any atom is 0.243 e. The van der Waals surface area contributed by atoms with Crippen LogP contribution in [0.25, 0.3) is 11.3 Å². The van der Waals surface area contributed by atoms with Gasteiger partial charge in [-0.3, -0.25) is 4.79 Å². The summed E-state index contributed by atoms with van der Waals surface area (Å²) in [6, 6.07) is 12.3. The first-order valence-electron chi connectivity index (χ1n) is 13.3. The molecule has 0 atom stereocenters. The Bertz CT molecular complexity index is 1510. The second-order valence-corrected chi connectivity index (χ2v) is 12.4. The number of benzene rings is 2. The monoisotopic (exact) mass is 586 g/mol. The second kappa shape index (κ2) is 12.5. The number of aromatic nitrogens is 1. The van der Waals surface area contributed by atoms with Gasteiger partial charge in [-0.05, 0) is 55.3 Å². The minimum atomic E-state index is -3.58. The zero-order chi connectivity index (χ0) is 28.1. The highest BCUT2D eigenvalue weighted by atomic mass is 32.2. The van der Waals surface area contributed by atoms with E-state index in [1.165, 1.54) is 15.6 Å². The van der Waals surface area contributed by atoms with Crippen molar-refractivity contribution in [1.82, 2.24) is 13.8 Å². The topological polar surface area (TPSA) is 103 Å². The number of amides is 1. The lowest BCUT2D eigenvalue weighted by molar-refractivity contribution is -0.127. The molecule has 0 saturated carbocycles. The van der Waals surface area contributed by atoms with E-state index < -0.39 is 10.0 Å². The number of likely N-dealkylation sites (tertiary alicyclic amines) is 1. The Kier molecular flexibility index (Phi) is 8.89. The summed E-state index contributed by atoms with van der Waals surface area (Å²) in [5, 5.41) is 2.04. The summed E-state index contributed by atoms with van der Waals surface area (Å²) in [5.74, 6) is 1.64. The number of methoxy groups -OCH3 is 2. The molecule has 214 valence electrons. The van der Waals surface area contributed by atoms with Crippen LogP contribution in [0.3, 0.4) is 0 Å². The van der Waals surface area contributed by atoms with Gasteiger partial charge in [0.25, 0.3) is 0 Å². The average Bonchev–Trinajstić information content (AvgIpc) is 3.58. The zero-order valence-electron chi connectivity index (χ0n) is 22.7. The van der Waals surface area contributed by atoms with Crippen molar-refractivity contribution < 1.29 is 27.4 Å². The van der Waals surface area contributed by atoms with Crippen molar-refractivity contribution in [3.8, 4) is 22.8 Å². The van der Waals surface area contributed by atoms with Crippen LogP contribution in [-0.4, -0.2) is 81.7 Å². The first kappa shape index (κ1) is 28.3. The molecular formula is C28H34N4O6S2. The van der Waals surface area contributed by atoms with Crippen LogP contribution in [0.4, 0.5) is 5.69 Å². The molecule has 0 N–H and O–H groups in total. The number of hydrogen-bond donors (Lipinski definition) is 0. The largest absolute Gasteiger partial charge is 0.497 e. The van der Waals surface area contributed by atoms with E-state index in [0.29, 0.717) is 63.0 Å². The van der Waals surface area contributed by atoms with E-state index in [1.54, 1.807) is 38.5 Å². The average molecular weight is 587 g/mol. The van der Waals surface area contributed by atoms with Gasteiger partial charge in [-0.1, -0.05) is 0 Å². The molecule has 0 spiro atoms. The van der Waals surface area contributed by atoms with Crippen molar-refractivity contribution in [2.75, 3.05) is 53.6 Å². The van der Waals surface area contributed by atoms with Crippen LogP contribution < -0.4 is 14.3 Å². The van der Waals surface area contributed by atoms with Crippen molar-refractivity contribution in [1.29, 1.82) is 0 Å². The molecule has 1 amide bonds. The van der Waals surface area contributed by atoms with E-state index in [4.69, 9.17) is 19.2 Å². The molecule has 1 aromatic heterocycles. The van der Waals surface area contributed by atoms with Crippen molar-refractivity contribution in [3.05, 3.63) is 52.6 Å². The van der Waals surface area contributed by atoms with Gasteiger partial charge in [-0.2, -0.15) is 4.31 Å². The number of nitrogens with zero attached hydrogens (tertiary/aromatic N) is 4. The molecule has 0 aliphatic carbocycles. The minimum absolute atomic E-state index is 0.210. The maximum absolute atomic E-state index is 13.0. The van der Waals surface area contributed by atoms with E-state index in [0.717, 1.165) is 35.4 Å². The molecule has 40 heavy (non-hydrogen) atoms. The number of carbonyl (C=O) groups excluding carboxylic acids is 1. The van der Waals surface area contributed by atoms with Crippen LogP contribution in [0.1, 0.15) is 19.3 Å². The van der Waals surface area contributed by atoms with Gasteiger partial charge in [0.1, 0.15) is 11.5 Å². The van der Waals surface area contributed by atoms with Crippen molar-refractivity contribution in [2.24, 2.45) is 4.99 Å². The van der Waals surface area contributed by atoms with Gasteiger partial charge in [-0.25, -0.2) is 13.4 Å². The molecule has 0 bridgehead atoms. The Morgan fingerprint density at radius 2 is 1.77 bits per heavy atom. The molecule has 0 unspecified atom stereocenters. The quantitative estimate of drug-likeness (QED) is 0.360. The molecule has 2 saturated heterocycles. The summed E-state index contributed by atoms with van der Waals surface area (Å²) < 4.78 is 46.0. The van der Waals surface area contributed by atoms with Gasteiger partial charge in [0.05, 0.1) is 43.7 Å². The molecule has 10 nitrogen and oxygen atoms in total. The molecule has 2 aromatic carbocycles. The number of morpholine rings is 1. The number of carbonyl (C=O) groups is 1. The van der Waals surface area contributed by atoms with Crippen LogP contribution >= 0.6 is 11.3 Å². The smallest absolute Gasteiger partial charge is 0.243 e. The highest BCUT2D eigenvalue weighted by Gasteiger charge is 2.26. The predicted octanol–water partition coefficient (Wildman–Crippen LogP) is 3.50.